The lowest BCUT2D eigenvalue weighted by Crippen LogP contribution is -2.52. The van der Waals surface area contributed by atoms with Gasteiger partial charge in [-0.15, -0.1) is 0 Å². The fourth-order valence-corrected chi connectivity index (χ4v) is 2.61. The molecule has 0 unspecified atom stereocenters. The highest BCUT2D eigenvalue weighted by Crippen LogP contribution is 2.25. The molecule has 1 aliphatic rings. The van der Waals surface area contributed by atoms with E-state index < -0.39 is 6.09 Å². The van der Waals surface area contributed by atoms with Crippen molar-refractivity contribution >= 4 is 6.09 Å². The summed E-state index contributed by atoms with van der Waals surface area (Å²) in [5.74, 6) is 1.37. The van der Waals surface area contributed by atoms with E-state index in [4.69, 9.17) is 4.74 Å². The van der Waals surface area contributed by atoms with Crippen molar-refractivity contribution in [2.24, 2.45) is 0 Å². The van der Waals surface area contributed by atoms with Crippen molar-refractivity contribution in [1.82, 2.24) is 9.80 Å². The molecule has 1 aromatic carbocycles. The fraction of sp³-hybridized carbons (Fsp3) is 0.562. The van der Waals surface area contributed by atoms with E-state index >= 15 is 0 Å². The Kier molecular flexibility index (Phi) is 5.07. The molecule has 1 aliphatic heterocycles. The summed E-state index contributed by atoms with van der Waals surface area (Å²) in [6.07, 6.45) is -1.07. The molecule has 0 radical (unpaired) electrons. The van der Waals surface area contributed by atoms with Crippen LogP contribution in [0.25, 0.3) is 0 Å². The first-order valence-electron chi connectivity index (χ1n) is 7.36. The number of ether oxygens (including phenoxy) is 1. The first-order chi connectivity index (χ1) is 10.0. The van der Waals surface area contributed by atoms with Gasteiger partial charge in [-0.25, -0.2) is 0 Å². The average molecular weight is 291 g/mol. The SMILES string of the molecule is COc1ccc(C(C)C)cc1CN1CCN(C(=O)[O-])CC1. The maximum Gasteiger partial charge on any atom is 0.137 e. The van der Waals surface area contributed by atoms with Crippen LogP contribution in [0.4, 0.5) is 4.79 Å². The van der Waals surface area contributed by atoms with Crippen molar-refractivity contribution in [2.45, 2.75) is 26.3 Å². The molecule has 5 nitrogen and oxygen atoms in total. The van der Waals surface area contributed by atoms with Gasteiger partial charge in [0.15, 0.2) is 0 Å². The Labute approximate surface area is 126 Å². The third-order valence-electron chi connectivity index (χ3n) is 4.00. The molecular weight excluding hydrogens is 268 g/mol. The monoisotopic (exact) mass is 291 g/mol. The smallest absolute Gasteiger partial charge is 0.137 e. The molecule has 0 spiro atoms. The Balaban J connectivity index is 2.05. The van der Waals surface area contributed by atoms with Gasteiger partial charge in [-0.2, -0.15) is 0 Å². The Morgan fingerprint density at radius 1 is 1.29 bits per heavy atom. The molecule has 0 bridgehead atoms. The van der Waals surface area contributed by atoms with Gasteiger partial charge in [0.1, 0.15) is 11.8 Å². The van der Waals surface area contributed by atoms with Gasteiger partial charge < -0.3 is 19.5 Å². The van der Waals surface area contributed by atoms with Crippen LogP contribution in [0.5, 0.6) is 5.75 Å². The third-order valence-corrected chi connectivity index (χ3v) is 4.00. The van der Waals surface area contributed by atoms with E-state index in [0.29, 0.717) is 19.0 Å². The molecule has 2 rings (SSSR count). The van der Waals surface area contributed by atoms with Gasteiger partial charge >= 0.3 is 0 Å². The molecule has 0 aliphatic carbocycles. The minimum Gasteiger partial charge on any atom is -0.530 e. The summed E-state index contributed by atoms with van der Waals surface area (Å²) in [4.78, 5) is 14.4. The molecule has 1 amide bonds. The maximum atomic E-state index is 10.8. The summed E-state index contributed by atoms with van der Waals surface area (Å²) in [7, 11) is 1.68. The normalized spacial score (nSPS) is 16.3. The molecule has 5 heteroatoms. The van der Waals surface area contributed by atoms with Gasteiger partial charge in [-0.05, 0) is 17.5 Å². The zero-order chi connectivity index (χ0) is 15.4. The summed E-state index contributed by atoms with van der Waals surface area (Å²) in [5.41, 5.74) is 2.45. The van der Waals surface area contributed by atoms with Gasteiger partial charge in [-0.1, -0.05) is 26.0 Å². The van der Waals surface area contributed by atoms with Gasteiger partial charge in [0.25, 0.3) is 0 Å². The van der Waals surface area contributed by atoms with Crippen LogP contribution in [0.1, 0.15) is 30.9 Å². The standard InChI is InChI=1S/C16H24N2O3/c1-12(2)13-4-5-15(21-3)14(10-13)11-17-6-8-18(9-7-17)16(19)20/h4-5,10,12H,6-9,11H2,1-3H3,(H,19,20)/p-1. The quantitative estimate of drug-likeness (QED) is 0.838. The molecule has 1 aromatic rings. The van der Waals surface area contributed by atoms with Crippen LogP contribution < -0.4 is 9.84 Å². The van der Waals surface area contributed by atoms with Crippen molar-refractivity contribution in [2.75, 3.05) is 33.3 Å². The van der Waals surface area contributed by atoms with Crippen LogP contribution in [0, 0.1) is 0 Å². The molecule has 116 valence electrons. The number of rotatable bonds is 4. The van der Waals surface area contributed by atoms with Gasteiger partial charge in [0, 0.05) is 38.3 Å². The number of methoxy groups -OCH3 is 1. The summed E-state index contributed by atoms with van der Waals surface area (Å²) >= 11 is 0. The van der Waals surface area contributed by atoms with E-state index in [2.05, 4.69) is 30.9 Å². The molecule has 1 heterocycles. The largest absolute Gasteiger partial charge is 0.530 e. The van der Waals surface area contributed by atoms with Crippen LogP contribution in [0.15, 0.2) is 18.2 Å². The van der Waals surface area contributed by atoms with Crippen LogP contribution >= 0.6 is 0 Å². The van der Waals surface area contributed by atoms with Crippen LogP contribution in [0.2, 0.25) is 0 Å². The lowest BCUT2D eigenvalue weighted by Gasteiger charge is -2.36. The zero-order valence-corrected chi connectivity index (χ0v) is 13.0. The average Bonchev–Trinajstić information content (AvgIpc) is 2.47. The summed E-state index contributed by atoms with van der Waals surface area (Å²) in [6, 6.07) is 6.30. The van der Waals surface area contributed by atoms with E-state index in [9.17, 15) is 9.90 Å². The summed E-state index contributed by atoms with van der Waals surface area (Å²) in [5, 5.41) is 10.8. The minimum absolute atomic E-state index is 0.476. The topological polar surface area (TPSA) is 55.8 Å². The second-order valence-corrected chi connectivity index (χ2v) is 5.76. The first kappa shape index (κ1) is 15.6. The number of carbonyl (C=O) groups excluding carboxylic acids is 1. The number of hydrogen-bond acceptors (Lipinski definition) is 4. The Morgan fingerprint density at radius 3 is 2.48 bits per heavy atom. The van der Waals surface area contributed by atoms with Crippen molar-refractivity contribution in [1.29, 1.82) is 0 Å². The van der Waals surface area contributed by atoms with Gasteiger partial charge in [-0.3, -0.25) is 4.90 Å². The number of hydrogen-bond donors (Lipinski definition) is 0. The molecule has 1 fully saturated rings. The fourth-order valence-electron chi connectivity index (χ4n) is 2.61. The predicted octanol–water partition coefficient (Wildman–Crippen LogP) is 1.28. The second kappa shape index (κ2) is 6.80. The van der Waals surface area contributed by atoms with E-state index in [0.717, 1.165) is 30.9 Å². The van der Waals surface area contributed by atoms with Crippen LogP contribution in [-0.4, -0.2) is 49.2 Å². The zero-order valence-electron chi connectivity index (χ0n) is 13.0. The highest BCUT2D eigenvalue weighted by molar-refractivity contribution is 5.62. The predicted molar refractivity (Wildman–Crippen MR) is 79.3 cm³/mol. The van der Waals surface area contributed by atoms with Crippen molar-refractivity contribution in [3.8, 4) is 5.75 Å². The molecular formula is C16H23N2O3-. The van der Waals surface area contributed by atoms with E-state index in [1.807, 2.05) is 6.07 Å². The number of carbonyl (C=O) groups is 1. The third kappa shape index (κ3) is 3.88. The molecule has 1 saturated heterocycles. The Bertz CT molecular complexity index is 494. The first-order valence-corrected chi connectivity index (χ1v) is 7.36. The number of carboxylic acid groups (broad SMARTS) is 1. The lowest BCUT2D eigenvalue weighted by atomic mass is 10.00. The molecule has 0 saturated carbocycles. The van der Waals surface area contributed by atoms with E-state index in [1.165, 1.54) is 10.5 Å². The van der Waals surface area contributed by atoms with Gasteiger partial charge in [0.05, 0.1) is 7.11 Å². The van der Waals surface area contributed by atoms with Crippen LogP contribution in [0.3, 0.4) is 0 Å². The van der Waals surface area contributed by atoms with Gasteiger partial charge in [0.2, 0.25) is 0 Å². The minimum atomic E-state index is -1.07. The molecule has 0 atom stereocenters. The van der Waals surface area contributed by atoms with Crippen LogP contribution in [-0.2, 0) is 6.54 Å². The molecule has 0 aromatic heterocycles. The van der Waals surface area contributed by atoms with E-state index in [1.54, 1.807) is 7.11 Å². The Morgan fingerprint density at radius 2 is 1.95 bits per heavy atom. The van der Waals surface area contributed by atoms with Crippen molar-refractivity contribution < 1.29 is 14.6 Å². The molecule has 0 N–H and O–H groups in total. The lowest BCUT2D eigenvalue weighted by molar-refractivity contribution is -0.266. The highest BCUT2D eigenvalue weighted by Gasteiger charge is 2.18. The number of piperazine rings is 1. The summed E-state index contributed by atoms with van der Waals surface area (Å²) < 4.78 is 5.44. The number of nitrogens with zero attached hydrogens (tertiary/aromatic N) is 2. The van der Waals surface area contributed by atoms with E-state index in [-0.39, 0.29) is 0 Å². The number of amides is 1. The second-order valence-electron chi connectivity index (χ2n) is 5.76. The number of benzene rings is 1. The Hall–Kier alpha value is -1.75. The maximum absolute atomic E-state index is 10.8. The van der Waals surface area contributed by atoms with Crippen molar-refractivity contribution in [3.63, 3.8) is 0 Å². The van der Waals surface area contributed by atoms with Crippen molar-refractivity contribution in [3.05, 3.63) is 29.3 Å². The summed E-state index contributed by atoms with van der Waals surface area (Å²) in [6.45, 7) is 7.59. The molecule has 21 heavy (non-hydrogen) atoms. The highest BCUT2D eigenvalue weighted by atomic mass is 16.5.